The van der Waals surface area contributed by atoms with E-state index in [-0.39, 0.29) is 0 Å². The van der Waals surface area contributed by atoms with Gasteiger partial charge in [0.25, 0.3) is 0 Å². The van der Waals surface area contributed by atoms with E-state index in [1.807, 2.05) is 19.3 Å². The summed E-state index contributed by atoms with van der Waals surface area (Å²) in [5.41, 5.74) is 5.14. The number of benzene rings is 1. The van der Waals surface area contributed by atoms with Gasteiger partial charge in [-0.05, 0) is 49.6 Å². The first-order valence-electron chi connectivity index (χ1n) is 6.91. The van der Waals surface area contributed by atoms with Gasteiger partial charge in [0.1, 0.15) is 0 Å². The molecule has 0 amide bonds. The van der Waals surface area contributed by atoms with Crippen LogP contribution in [0.1, 0.15) is 35.3 Å². The summed E-state index contributed by atoms with van der Waals surface area (Å²) in [5.74, 6) is 0. The molecule has 1 N–H and O–H groups in total. The van der Waals surface area contributed by atoms with Gasteiger partial charge in [-0.3, -0.25) is 4.98 Å². The number of likely N-dealkylation sites (N-methyl/N-ethyl adjacent to an activating group) is 1. The molecule has 2 rings (SSSR count). The Balaban J connectivity index is 2.17. The second-order valence-electron chi connectivity index (χ2n) is 4.89. The highest BCUT2D eigenvalue weighted by Crippen LogP contribution is 2.20. The molecule has 0 aliphatic carbocycles. The zero-order chi connectivity index (χ0) is 13.7. The van der Waals surface area contributed by atoms with Crippen LogP contribution >= 0.6 is 0 Å². The van der Waals surface area contributed by atoms with E-state index in [1.165, 1.54) is 16.7 Å². The molecule has 0 radical (unpaired) electrons. The summed E-state index contributed by atoms with van der Waals surface area (Å²) in [6, 6.07) is 13.4. The van der Waals surface area contributed by atoms with Gasteiger partial charge in [-0.2, -0.15) is 0 Å². The molecule has 0 aliphatic rings. The van der Waals surface area contributed by atoms with Crippen molar-refractivity contribution in [1.29, 1.82) is 0 Å². The molecule has 2 nitrogen and oxygen atoms in total. The number of aromatic nitrogens is 1. The average molecular weight is 254 g/mol. The van der Waals surface area contributed by atoms with E-state index < -0.39 is 0 Å². The van der Waals surface area contributed by atoms with Crippen LogP contribution in [0.15, 0.2) is 42.6 Å². The van der Waals surface area contributed by atoms with E-state index in [4.69, 9.17) is 0 Å². The minimum atomic E-state index is 0.321. The van der Waals surface area contributed by atoms with E-state index in [2.05, 4.69) is 54.5 Å². The summed E-state index contributed by atoms with van der Waals surface area (Å²) in [7, 11) is 2.01. The van der Waals surface area contributed by atoms with E-state index in [1.54, 1.807) is 0 Å². The largest absolute Gasteiger partial charge is 0.313 e. The first-order chi connectivity index (χ1) is 9.24. The van der Waals surface area contributed by atoms with Crippen molar-refractivity contribution >= 4 is 0 Å². The van der Waals surface area contributed by atoms with Gasteiger partial charge in [0.05, 0.1) is 0 Å². The fourth-order valence-corrected chi connectivity index (χ4v) is 2.38. The molecule has 1 unspecified atom stereocenters. The third-order valence-corrected chi connectivity index (χ3v) is 3.64. The third-order valence-electron chi connectivity index (χ3n) is 3.64. The molecule has 100 valence electrons. The van der Waals surface area contributed by atoms with Gasteiger partial charge in [0.2, 0.25) is 0 Å². The van der Waals surface area contributed by atoms with Crippen molar-refractivity contribution in [1.82, 2.24) is 10.3 Å². The maximum atomic E-state index is 4.38. The molecule has 0 saturated carbocycles. The Kier molecular flexibility index (Phi) is 4.69. The van der Waals surface area contributed by atoms with Gasteiger partial charge < -0.3 is 5.32 Å². The first kappa shape index (κ1) is 13.8. The summed E-state index contributed by atoms with van der Waals surface area (Å²) < 4.78 is 0. The van der Waals surface area contributed by atoms with Gasteiger partial charge in [-0.25, -0.2) is 0 Å². The minimum absolute atomic E-state index is 0.321. The third kappa shape index (κ3) is 3.42. The highest BCUT2D eigenvalue weighted by Gasteiger charge is 2.12. The Bertz CT molecular complexity index is 517. The molecule has 0 bridgehead atoms. The second kappa shape index (κ2) is 6.48. The average Bonchev–Trinajstić information content (AvgIpc) is 2.46. The molecule has 0 aliphatic heterocycles. The van der Waals surface area contributed by atoms with Crippen molar-refractivity contribution < 1.29 is 0 Å². The van der Waals surface area contributed by atoms with Crippen molar-refractivity contribution in [2.75, 3.05) is 7.05 Å². The summed E-state index contributed by atoms with van der Waals surface area (Å²) in [5, 5.41) is 3.40. The molecule has 1 aromatic heterocycles. The number of nitrogens with one attached hydrogen (secondary N) is 1. The lowest BCUT2D eigenvalue weighted by molar-refractivity contribution is 0.586. The van der Waals surface area contributed by atoms with Crippen molar-refractivity contribution in [3.8, 4) is 0 Å². The lowest BCUT2D eigenvalue weighted by Gasteiger charge is -2.18. The SMILES string of the molecule is CCc1ccc(CC(NC)c2cccnc2C)cc1. The van der Waals surface area contributed by atoms with Crippen molar-refractivity contribution in [2.45, 2.75) is 32.7 Å². The summed E-state index contributed by atoms with van der Waals surface area (Å²) >= 11 is 0. The monoisotopic (exact) mass is 254 g/mol. The first-order valence-corrected chi connectivity index (χ1v) is 6.91. The zero-order valence-corrected chi connectivity index (χ0v) is 12.0. The van der Waals surface area contributed by atoms with Crippen LogP contribution < -0.4 is 5.32 Å². The van der Waals surface area contributed by atoms with Crippen LogP contribution in [0.4, 0.5) is 0 Å². The summed E-state index contributed by atoms with van der Waals surface area (Å²) in [6.45, 7) is 4.25. The van der Waals surface area contributed by atoms with Crippen LogP contribution in [-0.4, -0.2) is 12.0 Å². The Labute approximate surface area is 115 Å². The van der Waals surface area contributed by atoms with Crippen LogP contribution in [0.3, 0.4) is 0 Å². The maximum Gasteiger partial charge on any atom is 0.0420 e. The zero-order valence-electron chi connectivity index (χ0n) is 12.0. The lowest BCUT2D eigenvalue weighted by atomic mass is 9.97. The normalized spacial score (nSPS) is 12.4. The Morgan fingerprint density at radius 2 is 1.79 bits per heavy atom. The number of hydrogen-bond acceptors (Lipinski definition) is 2. The Morgan fingerprint density at radius 1 is 1.11 bits per heavy atom. The quantitative estimate of drug-likeness (QED) is 0.884. The Morgan fingerprint density at radius 3 is 2.37 bits per heavy atom. The van der Waals surface area contributed by atoms with Crippen LogP contribution in [-0.2, 0) is 12.8 Å². The summed E-state index contributed by atoms with van der Waals surface area (Å²) in [4.78, 5) is 4.38. The van der Waals surface area contributed by atoms with Crippen molar-refractivity contribution in [3.05, 3.63) is 65.0 Å². The maximum absolute atomic E-state index is 4.38. The van der Waals surface area contributed by atoms with Crippen LogP contribution in [0.2, 0.25) is 0 Å². The molecule has 1 atom stereocenters. The number of nitrogens with zero attached hydrogens (tertiary/aromatic N) is 1. The van der Waals surface area contributed by atoms with Gasteiger partial charge in [-0.1, -0.05) is 37.3 Å². The second-order valence-corrected chi connectivity index (χ2v) is 4.89. The van der Waals surface area contributed by atoms with E-state index in [9.17, 15) is 0 Å². The minimum Gasteiger partial charge on any atom is -0.313 e. The molecular formula is C17H22N2. The predicted molar refractivity (Wildman–Crippen MR) is 80.3 cm³/mol. The Hall–Kier alpha value is -1.67. The van der Waals surface area contributed by atoms with Gasteiger partial charge >= 0.3 is 0 Å². The molecule has 0 spiro atoms. The van der Waals surface area contributed by atoms with Crippen LogP contribution in [0.5, 0.6) is 0 Å². The fourth-order valence-electron chi connectivity index (χ4n) is 2.38. The molecule has 0 saturated heterocycles. The lowest BCUT2D eigenvalue weighted by Crippen LogP contribution is -2.20. The number of rotatable bonds is 5. The molecule has 1 heterocycles. The number of pyridine rings is 1. The number of hydrogen-bond donors (Lipinski definition) is 1. The predicted octanol–water partition coefficient (Wildman–Crippen LogP) is 3.46. The van der Waals surface area contributed by atoms with Crippen molar-refractivity contribution in [2.24, 2.45) is 0 Å². The molecular weight excluding hydrogens is 232 g/mol. The highest BCUT2D eigenvalue weighted by atomic mass is 14.9. The van der Waals surface area contributed by atoms with Gasteiger partial charge in [0.15, 0.2) is 0 Å². The molecule has 1 aromatic carbocycles. The molecule has 2 heteroatoms. The van der Waals surface area contributed by atoms with Crippen LogP contribution in [0.25, 0.3) is 0 Å². The van der Waals surface area contributed by atoms with Crippen LogP contribution in [0, 0.1) is 6.92 Å². The topological polar surface area (TPSA) is 24.9 Å². The smallest absolute Gasteiger partial charge is 0.0420 e. The standard InChI is InChI=1S/C17H22N2/c1-4-14-7-9-15(10-8-14)12-17(18-3)16-6-5-11-19-13(16)2/h5-11,17-18H,4,12H2,1-3H3. The molecule has 19 heavy (non-hydrogen) atoms. The molecule has 2 aromatic rings. The fraction of sp³-hybridized carbons (Fsp3) is 0.353. The summed E-state index contributed by atoms with van der Waals surface area (Å²) in [6.07, 6.45) is 3.94. The van der Waals surface area contributed by atoms with E-state index in [0.717, 1.165) is 18.5 Å². The van der Waals surface area contributed by atoms with E-state index in [0.29, 0.717) is 6.04 Å². The molecule has 0 fully saturated rings. The number of aryl methyl sites for hydroxylation is 2. The van der Waals surface area contributed by atoms with Crippen molar-refractivity contribution in [3.63, 3.8) is 0 Å². The van der Waals surface area contributed by atoms with Gasteiger partial charge in [-0.15, -0.1) is 0 Å². The van der Waals surface area contributed by atoms with E-state index >= 15 is 0 Å². The highest BCUT2D eigenvalue weighted by molar-refractivity contribution is 5.28. The van der Waals surface area contributed by atoms with Gasteiger partial charge in [0, 0.05) is 17.9 Å².